The van der Waals surface area contributed by atoms with Gasteiger partial charge in [-0.25, -0.2) is 0 Å². The predicted octanol–water partition coefficient (Wildman–Crippen LogP) is 4.04. The monoisotopic (exact) mass is 571 g/mol. The van der Waals surface area contributed by atoms with Crippen molar-refractivity contribution in [2.75, 3.05) is 36.0 Å². The average molecular weight is 572 g/mol. The summed E-state index contributed by atoms with van der Waals surface area (Å²) >= 11 is 0. The summed E-state index contributed by atoms with van der Waals surface area (Å²) in [6, 6.07) is 14.2. The Kier molecular flexibility index (Phi) is 7.89. The number of carbonyl (C=O) groups excluding carboxylic acids is 3. The van der Waals surface area contributed by atoms with Gasteiger partial charge in [0.15, 0.2) is 0 Å². The lowest BCUT2D eigenvalue weighted by Crippen LogP contribution is -2.57. The van der Waals surface area contributed by atoms with E-state index >= 15 is 0 Å². The second-order valence-electron chi connectivity index (χ2n) is 12.1. The van der Waals surface area contributed by atoms with Crippen molar-refractivity contribution in [1.82, 2.24) is 4.90 Å². The molecule has 1 spiro atoms. The molecular formula is C34H41N3O5. The quantitative estimate of drug-likeness (QED) is 0.435. The molecular weight excluding hydrogens is 530 g/mol. The average Bonchev–Trinajstić information content (AvgIpc) is 3.48. The first kappa shape index (κ1) is 29.7. The Morgan fingerprint density at radius 3 is 2.38 bits per heavy atom. The number of ether oxygens (including phenoxy) is 1. The smallest absolute Gasteiger partial charge is 0.253 e. The molecule has 2 aromatic rings. The zero-order valence-corrected chi connectivity index (χ0v) is 25.0. The van der Waals surface area contributed by atoms with Crippen molar-refractivity contribution in [1.29, 1.82) is 0 Å². The van der Waals surface area contributed by atoms with Gasteiger partial charge in [-0.3, -0.25) is 14.4 Å². The fourth-order valence-electron chi connectivity index (χ4n) is 7.56. The topological polar surface area (TPSA) is 90.4 Å². The van der Waals surface area contributed by atoms with Crippen molar-refractivity contribution in [2.24, 2.45) is 17.8 Å². The number of para-hydroxylation sites is 1. The van der Waals surface area contributed by atoms with Crippen LogP contribution in [-0.2, 0) is 19.1 Å². The van der Waals surface area contributed by atoms with Crippen LogP contribution in [0.5, 0.6) is 0 Å². The van der Waals surface area contributed by atoms with E-state index in [1.165, 1.54) is 4.90 Å². The maximum atomic E-state index is 14.7. The molecule has 0 aromatic heterocycles. The summed E-state index contributed by atoms with van der Waals surface area (Å²) in [6.07, 6.45) is 3.78. The molecule has 8 nitrogen and oxygen atoms in total. The molecule has 222 valence electrons. The summed E-state index contributed by atoms with van der Waals surface area (Å²) in [5.41, 5.74) is 1.17. The van der Waals surface area contributed by atoms with E-state index in [1.54, 1.807) is 22.0 Å². The molecule has 3 saturated heterocycles. The second kappa shape index (κ2) is 11.2. The van der Waals surface area contributed by atoms with Crippen LogP contribution in [0.3, 0.4) is 0 Å². The number of fused-ring (bicyclic) bond motifs is 1. The number of rotatable bonds is 10. The molecule has 0 radical (unpaired) electrons. The maximum absolute atomic E-state index is 14.7. The second-order valence-corrected chi connectivity index (χ2v) is 12.1. The van der Waals surface area contributed by atoms with Crippen LogP contribution in [0.15, 0.2) is 73.8 Å². The number of carbonyl (C=O) groups is 3. The Morgan fingerprint density at radius 2 is 1.74 bits per heavy atom. The minimum Gasteiger partial charge on any atom is -0.395 e. The van der Waals surface area contributed by atoms with E-state index in [9.17, 15) is 19.5 Å². The van der Waals surface area contributed by atoms with E-state index in [2.05, 4.69) is 13.2 Å². The van der Waals surface area contributed by atoms with Crippen molar-refractivity contribution in [3.63, 3.8) is 0 Å². The first-order valence-electron chi connectivity index (χ1n) is 14.6. The maximum Gasteiger partial charge on any atom is 0.253 e. The molecule has 6 atom stereocenters. The Morgan fingerprint density at radius 1 is 1.07 bits per heavy atom. The normalized spacial score (nSPS) is 29.4. The van der Waals surface area contributed by atoms with Crippen LogP contribution in [0, 0.1) is 31.6 Å². The van der Waals surface area contributed by atoms with Crippen molar-refractivity contribution < 1.29 is 24.2 Å². The molecule has 2 aromatic carbocycles. The van der Waals surface area contributed by atoms with Crippen LogP contribution in [0.2, 0.25) is 0 Å². The molecule has 5 rings (SSSR count). The summed E-state index contributed by atoms with van der Waals surface area (Å²) < 4.78 is 6.89. The summed E-state index contributed by atoms with van der Waals surface area (Å²) in [5.74, 6) is -2.65. The number of likely N-dealkylation sites (tertiary alicyclic amines) is 1. The molecule has 42 heavy (non-hydrogen) atoms. The van der Waals surface area contributed by atoms with E-state index in [4.69, 9.17) is 4.74 Å². The van der Waals surface area contributed by atoms with Crippen LogP contribution < -0.4 is 9.80 Å². The fraction of sp³-hybridized carbons (Fsp3) is 0.441. The number of nitrogens with zero attached hydrogens (tertiary/aromatic N) is 3. The lowest BCUT2D eigenvalue weighted by atomic mass is 9.62. The van der Waals surface area contributed by atoms with Gasteiger partial charge >= 0.3 is 0 Å². The van der Waals surface area contributed by atoms with Gasteiger partial charge in [-0.2, -0.15) is 0 Å². The number of aliphatic hydroxyl groups excluding tert-OH is 1. The summed E-state index contributed by atoms with van der Waals surface area (Å²) in [6.45, 7) is 15.7. The predicted molar refractivity (Wildman–Crippen MR) is 163 cm³/mol. The number of anilines is 2. The van der Waals surface area contributed by atoms with E-state index in [0.29, 0.717) is 12.1 Å². The van der Waals surface area contributed by atoms with E-state index < -0.39 is 29.1 Å². The number of aliphatic hydroxyl groups is 1. The molecule has 3 amide bonds. The van der Waals surface area contributed by atoms with Gasteiger partial charge in [0.25, 0.3) is 5.91 Å². The van der Waals surface area contributed by atoms with Gasteiger partial charge in [-0.1, -0.05) is 49.4 Å². The van der Waals surface area contributed by atoms with Gasteiger partial charge in [-0.05, 0) is 62.4 Å². The number of aryl methyl sites for hydroxylation is 2. The molecule has 3 unspecified atom stereocenters. The Bertz CT molecular complexity index is 1410. The Balaban J connectivity index is 1.63. The molecule has 0 saturated carbocycles. The van der Waals surface area contributed by atoms with Gasteiger partial charge in [0, 0.05) is 31.0 Å². The molecule has 3 aliphatic rings. The third-order valence-electron chi connectivity index (χ3n) is 9.53. The summed E-state index contributed by atoms with van der Waals surface area (Å²) in [5, 5.41) is 10.0. The van der Waals surface area contributed by atoms with Crippen LogP contribution in [0.25, 0.3) is 0 Å². The fourth-order valence-corrected chi connectivity index (χ4v) is 7.56. The van der Waals surface area contributed by atoms with Gasteiger partial charge in [0.05, 0.1) is 24.0 Å². The number of β-amino-alcohol motifs (C(OH)–C–C–N with tert-alkyl or cyclic N) is 1. The van der Waals surface area contributed by atoms with Crippen molar-refractivity contribution >= 4 is 29.1 Å². The van der Waals surface area contributed by atoms with E-state index in [-0.39, 0.29) is 49.9 Å². The molecule has 1 N–H and O–H groups in total. The van der Waals surface area contributed by atoms with Gasteiger partial charge in [0.2, 0.25) is 11.8 Å². The number of benzene rings is 2. The molecule has 0 aliphatic carbocycles. The summed E-state index contributed by atoms with van der Waals surface area (Å²) in [7, 11) is 0. The molecule has 3 fully saturated rings. The van der Waals surface area contributed by atoms with Crippen LogP contribution in [-0.4, -0.2) is 71.2 Å². The zero-order chi connectivity index (χ0) is 30.4. The number of amides is 3. The van der Waals surface area contributed by atoms with Crippen molar-refractivity contribution in [3.05, 3.63) is 85.0 Å². The molecule has 2 bridgehead atoms. The van der Waals surface area contributed by atoms with Crippen LogP contribution >= 0.6 is 0 Å². The lowest BCUT2D eigenvalue weighted by molar-refractivity contribution is -0.146. The first-order valence-corrected chi connectivity index (χ1v) is 14.6. The highest BCUT2D eigenvalue weighted by Gasteiger charge is 2.80. The van der Waals surface area contributed by atoms with Gasteiger partial charge in [-0.15, -0.1) is 13.2 Å². The molecule has 3 heterocycles. The van der Waals surface area contributed by atoms with Gasteiger partial charge in [0.1, 0.15) is 11.6 Å². The van der Waals surface area contributed by atoms with Crippen molar-refractivity contribution in [3.8, 4) is 0 Å². The minimum absolute atomic E-state index is 0.0351. The highest BCUT2D eigenvalue weighted by Crippen LogP contribution is 2.65. The van der Waals surface area contributed by atoms with Gasteiger partial charge < -0.3 is 24.5 Å². The summed E-state index contributed by atoms with van der Waals surface area (Å²) in [4.78, 5) is 48.3. The third kappa shape index (κ3) is 4.39. The third-order valence-corrected chi connectivity index (χ3v) is 9.53. The van der Waals surface area contributed by atoms with E-state index in [1.807, 2.05) is 76.2 Å². The minimum atomic E-state index is -1.22. The SMILES string of the molecule is C=CCN(C(=O)[C@@H]1[C@H]2C(=O)N(CCO)C(C(=O)N(CC=C)c3cc(C)ccc3C)C23CC(C)[C@@]1(C)O3)c1ccccc1. The van der Waals surface area contributed by atoms with Crippen molar-refractivity contribution in [2.45, 2.75) is 51.4 Å². The number of hydrogen-bond acceptors (Lipinski definition) is 5. The highest BCUT2D eigenvalue weighted by atomic mass is 16.5. The standard InChI is InChI=1S/C34H41N3O5/c1-7-16-35(25-12-10-9-11-13-25)30(39)27-28-31(40)37(18-19-38)29(34(28)21-24(5)33(27,6)42-34)32(41)36(17-8-2)26-20-22(3)14-15-23(26)4/h7-15,20,24,27-29,38H,1-2,16-19,21H2,3-6H3/t24?,27-,28-,29?,33+,34?/m0/s1. The highest BCUT2D eigenvalue weighted by molar-refractivity contribution is 6.07. The Labute approximate surface area is 248 Å². The largest absolute Gasteiger partial charge is 0.395 e. The Hall–Kier alpha value is -3.75. The van der Waals surface area contributed by atoms with E-state index in [0.717, 1.165) is 16.8 Å². The van der Waals surface area contributed by atoms with Crippen LogP contribution in [0.4, 0.5) is 11.4 Å². The number of hydrogen-bond donors (Lipinski definition) is 1. The molecule has 3 aliphatic heterocycles. The van der Waals surface area contributed by atoms with Crippen LogP contribution in [0.1, 0.15) is 31.4 Å². The first-order chi connectivity index (χ1) is 20.0. The zero-order valence-electron chi connectivity index (χ0n) is 25.0. The lowest BCUT2D eigenvalue weighted by Gasteiger charge is -2.39. The molecule has 8 heteroatoms.